The molecule has 0 aliphatic carbocycles. The predicted octanol–water partition coefficient (Wildman–Crippen LogP) is 10.5. The molecule has 0 saturated carbocycles. The zero-order valence-electron chi connectivity index (χ0n) is 26.5. The largest absolute Gasteiger partial charge is 0.508 e. The fourth-order valence-corrected chi connectivity index (χ4v) is 6.24. The molecule has 0 unspecified atom stereocenters. The Morgan fingerprint density at radius 2 is 0.942 bits per heavy atom. The normalized spacial score (nSPS) is 11.6. The highest BCUT2D eigenvalue weighted by Gasteiger charge is 2.21. The molecule has 6 aromatic carbocycles. The Balaban J connectivity index is 0.000000201. The lowest BCUT2D eigenvalue weighted by Gasteiger charge is -2.17. The molecule has 0 saturated heterocycles. The highest BCUT2D eigenvalue weighted by molar-refractivity contribution is 6.35. The highest BCUT2D eigenvalue weighted by atomic mass is 35.5. The number of phenols is 2. The molecule has 6 rings (SSSR count). The van der Waals surface area contributed by atoms with Gasteiger partial charge in [0.2, 0.25) is 0 Å². The lowest BCUT2D eigenvalue weighted by atomic mass is 9.89. The van der Waals surface area contributed by atoms with Crippen LogP contribution in [0.1, 0.15) is 11.1 Å². The molecule has 0 radical (unpaired) electrons. The number of amidine groups is 2. The third kappa shape index (κ3) is 8.33. The lowest BCUT2D eigenvalue weighted by Crippen LogP contribution is -2.15. The van der Waals surface area contributed by atoms with Crippen molar-refractivity contribution in [1.29, 1.82) is 0 Å². The summed E-state index contributed by atoms with van der Waals surface area (Å²) in [4.78, 5) is 0. The van der Waals surface area contributed by atoms with E-state index in [1.54, 1.807) is 36.4 Å². The summed E-state index contributed by atoms with van der Waals surface area (Å²) < 4.78 is 28.5. The molecule has 0 aliphatic rings. The molecule has 0 spiro atoms. The van der Waals surface area contributed by atoms with Gasteiger partial charge < -0.3 is 32.1 Å². The van der Waals surface area contributed by atoms with Gasteiger partial charge in [0, 0.05) is 53.5 Å². The van der Waals surface area contributed by atoms with Gasteiger partial charge in [-0.2, -0.15) is 0 Å². The number of oxime groups is 2. The minimum Gasteiger partial charge on any atom is -0.508 e. The number of aromatic hydroxyl groups is 2. The second kappa shape index (κ2) is 16.2. The zero-order chi connectivity index (χ0) is 37.7. The maximum absolute atomic E-state index is 14.6. The molecular formula is C38H26Cl4F2N4O4. The zero-order valence-corrected chi connectivity index (χ0v) is 29.5. The van der Waals surface area contributed by atoms with Crippen LogP contribution in [0.4, 0.5) is 8.78 Å². The molecule has 0 heterocycles. The Labute approximate surface area is 316 Å². The summed E-state index contributed by atoms with van der Waals surface area (Å²) in [6.45, 7) is 0. The van der Waals surface area contributed by atoms with Crippen molar-refractivity contribution in [2.24, 2.45) is 21.8 Å². The summed E-state index contributed by atoms with van der Waals surface area (Å²) in [6.07, 6.45) is 0. The van der Waals surface area contributed by atoms with Crippen molar-refractivity contribution in [3.63, 3.8) is 0 Å². The van der Waals surface area contributed by atoms with Crippen molar-refractivity contribution in [2.45, 2.75) is 0 Å². The van der Waals surface area contributed by atoms with Crippen molar-refractivity contribution in [2.75, 3.05) is 0 Å². The first kappa shape index (κ1) is 37.7. The van der Waals surface area contributed by atoms with E-state index in [-0.39, 0.29) is 34.3 Å². The first-order valence-corrected chi connectivity index (χ1v) is 16.4. The standard InChI is InChI=1S/2C19H13Cl2FN2O2/c20-11-7-14(10-1-4-13(25)5-2-10)18(16(8-11)19(23)24-26)15-9-12(22)3-6-17(15)21;20-11-3-6-17(22)15(7-11)18-14(10-1-4-13(25)5-2-10)8-12(21)9-16(18)19(23)24-26/h2*1-9,25-26H,(H2,23,24). The number of phenolic OH excluding ortho intramolecular Hbond substituents is 2. The van der Waals surface area contributed by atoms with E-state index in [4.69, 9.17) is 68.3 Å². The third-order valence-corrected chi connectivity index (χ3v) is 8.73. The van der Waals surface area contributed by atoms with Gasteiger partial charge in [-0.15, -0.1) is 0 Å². The van der Waals surface area contributed by atoms with E-state index in [1.807, 2.05) is 0 Å². The summed E-state index contributed by atoms with van der Waals surface area (Å²) in [5, 5.41) is 44.7. The van der Waals surface area contributed by atoms with Gasteiger partial charge >= 0.3 is 0 Å². The molecule has 8 nitrogen and oxygen atoms in total. The number of benzene rings is 6. The SMILES string of the molecule is NC(=NO)c1cc(Cl)cc(-c2ccc(O)cc2)c1-c1cc(Cl)ccc1F.NC(=NO)c1cc(Cl)cc(-c2ccc(O)cc2)c1-c1cc(F)ccc1Cl. The Morgan fingerprint density at radius 3 is 1.40 bits per heavy atom. The molecule has 14 heteroatoms. The molecule has 0 aromatic heterocycles. The first-order valence-electron chi connectivity index (χ1n) is 14.9. The third-order valence-electron chi connectivity index (χ3n) is 7.73. The molecule has 0 aliphatic heterocycles. The molecule has 0 amide bonds. The summed E-state index contributed by atoms with van der Waals surface area (Å²) in [7, 11) is 0. The van der Waals surface area contributed by atoms with Crippen LogP contribution in [0.5, 0.6) is 11.5 Å². The van der Waals surface area contributed by atoms with Crippen LogP contribution in [0.15, 0.2) is 120 Å². The first-order chi connectivity index (χ1) is 24.8. The Kier molecular flexibility index (Phi) is 11.8. The van der Waals surface area contributed by atoms with Gasteiger partial charge in [0.1, 0.15) is 23.1 Å². The smallest absolute Gasteiger partial charge is 0.170 e. The van der Waals surface area contributed by atoms with Crippen molar-refractivity contribution >= 4 is 58.1 Å². The second-order valence-electron chi connectivity index (χ2n) is 11.1. The maximum atomic E-state index is 14.6. The Hall–Kier alpha value is -5.52. The molecule has 0 bridgehead atoms. The summed E-state index contributed by atoms with van der Waals surface area (Å²) in [5.41, 5.74) is 16.0. The van der Waals surface area contributed by atoms with Crippen LogP contribution in [0.2, 0.25) is 20.1 Å². The topological polar surface area (TPSA) is 158 Å². The predicted molar refractivity (Wildman–Crippen MR) is 203 cm³/mol. The van der Waals surface area contributed by atoms with Crippen molar-refractivity contribution < 1.29 is 29.4 Å². The molecular weight excluding hydrogens is 756 g/mol. The number of nitrogens with two attached hydrogens (primary N) is 2. The monoisotopic (exact) mass is 780 g/mol. The molecule has 264 valence electrons. The van der Waals surface area contributed by atoms with E-state index in [0.29, 0.717) is 64.6 Å². The van der Waals surface area contributed by atoms with Gasteiger partial charge in [-0.3, -0.25) is 0 Å². The molecule has 8 N–H and O–H groups in total. The number of hydrogen-bond acceptors (Lipinski definition) is 6. The van der Waals surface area contributed by atoms with Gasteiger partial charge in [0.25, 0.3) is 0 Å². The Morgan fingerprint density at radius 1 is 0.500 bits per heavy atom. The summed E-state index contributed by atoms with van der Waals surface area (Å²) in [6, 6.07) is 27.0. The van der Waals surface area contributed by atoms with Crippen LogP contribution >= 0.6 is 46.4 Å². The second-order valence-corrected chi connectivity index (χ2v) is 12.8. The summed E-state index contributed by atoms with van der Waals surface area (Å²) in [5.74, 6) is -1.24. The van der Waals surface area contributed by atoms with Crippen molar-refractivity contribution in [3.05, 3.63) is 152 Å². The van der Waals surface area contributed by atoms with Crippen LogP contribution < -0.4 is 11.5 Å². The van der Waals surface area contributed by atoms with E-state index < -0.39 is 11.6 Å². The van der Waals surface area contributed by atoms with E-state index in [0.717, 1.165) is 0 Å². The minimum absolute atomic E-state index is 0.0860. The quantitative estimate of drug-likeness (QED) is 0.0427. The van der Waals surface area contributed by atoms with Crippen molar-refractivity contribution in [1.82, 2.24) is 0 Å². The van der Waals surface area contributed by atoms with Gasteiger partial charge in [-0.1, -0.05) is 81.0 Å². The van der Waals surface area contributed by atoms with Crippen LogP contribution in [0.3, 0.4) is 0 Å². The molecule has 6 aromatic rings. The number of halogens is 6. The fraction of sp³-hybridized carbons (Fsp3) is 0. The minimum atomic E-state index is -0.524. The van der Waals surface area contributed by atoms with Crippen LogP contribution in [0.25, 0.3) is 44.5 Å². The lowest BCUT2D eigenvalue weighted by molar-refractivity contribution is 0.318. The van der Waals surface area contributed by atoms with E-state index in [9.17, 15) is 19.0 Å². The average Bonchev–Trinajstić information content (AvgIpc) is 3.13. The maximum Gasteiger partial charge on any atom is 0.170 e. The molecule has 0 atom stereocenters. The van der Waals surface area contributed by atoms with E-state index in [2.05, 4.69) is 10.3 Å². The van der Waals surface area contributed by atoms with Crippen LogP contribution in [0, 0.1) is 11.6 Å². The Bertz CT molecular complexity index is 2170. The van der Waals surface area contributed by atoms with Gasteiger partial charge in [0.05, 0.1) is 0 Å². The summed E-state index contributed by atoms with van der Waals surface area (Å²) >= 11 is 24.8. The van der Waals surface area contributed by atoms with Gasteiger partial charge in [0.15, 0.2) is 11.7 Å². The van der Waals surface area contributed by atoms with Gasteiger partial charge in [-0.05, 0) is 107 Å². The number of hydrogen-bond donors (Lipinski definition) is 6. The van der Waals surface area contributed by atoms with Crippen LogP contribution in [-0.4, -0.2) is 32.3 Å². The van der Waals surface area contributed by atoms with Gasteiger partial charge in [-0.25, -0.2) is 8.78 Å². The van der Waals surface area contributed by atoms with E-state index >= 15 is 0 Å². The van der Waals surface area contributed by atoms with E-state index in [1.165, 1.54) is 72.8 Å². The number of rotatable bonds is 6. The fourth-order valence-electron chi connectivity index (χ4n) is 5.42. The van der Waals surface area contributed by atoms with Crippen LogP contribution in [-0.2, 0) is 0 Å². The molecule has 0 fully saturated rings. The average molecular weight is 782 g/mol. The number of nitrogens with zero attached hydrogens (tertiary/aromatic N) is 2. The van der Waals surface area contributed by atoms with Crippen molar-refractivity contribution in [3.8, 4) is 56.0 Å². The molecule has 52 heavy (non-hydrogen) atoms. The highest BCUT2D eigenvalue weighted by Crippen LogP contribution is 2.42.